The molecule has 0 fully saturated rings. The van der Waals surface area contributed by atoms with Crippen molar-refractivity contribution < 1.29 is 13.9 Å². The fraction of sp³-hybridized carbons (Fsp3) is 0.333. The molecular weight excluding hydrogens is 352 g/mol. The second-order valence-electron chi connectivity index (χ2n) is 5.89. The summed E-state index contributed by atoms with van der Waals surface area (Å²) in [6.45, 7) is 1.87. The van der Waals surface area contributed by atoms with Crippen LogP contribution in [-0.2, 0) is 13.7 Å². The Bertz CT molecular complexity index is 884. The number of methoxy groups -OCH3 is 1. The van der Waals surface area contributed by atoms with Crippen LogP contribution in [0.3, 0.4) is 0 Å². The summed E-state index contributed by atoms with van der Waals surface area (Å²) in [6.07, 6.45) is 1.63. The highest BCUT2D eigenvalue weighted by molar-refractivity contribution is 7.71. The summed E-state index contributed by atoms with van der Waals surface area (Å²) in [5.74, 6) is 3.03. The highest BCUT2D eigenvalue weighted by atomic mass is 32.1. The minimum absolute atomic E-state index is 0.564. The van der Waals surface area contributed by atoms with E-state index >= 15 is 0 Å². The molecule has 0 aliphatic carbocycles. The van der Waals surface area contributed by atoms with E-state index in [4.69, 9.17) is 26.1 Å². The van der Waals surface area contributed by atoms with Gasteiger partial charge in [0, 0.05) is 13.6 Å². The topological polar surface area (TPSA) is 57.6 Å². The van der Waals surface area contributed by atoms with Gasteiger partial charge in [-0.2, -0.15) is 0 Å². The maximum absolute atomic E-state index is 5.76. The van der Waals surface area contributed by atoms with Gasteiger partial charge in [0.15, 0.2) is 16.4 Å². The Labute approximate surface area is 157 Å². The molecule has 0 aliphatic heterocycles. The van der Waals surface area contributed by atoms with E-state index in [2.05, 4.69) is 10.00 Å². The molecule has 0 unspecified atom stereocenters. The molecule has 0 saturated carbocycles. The van der Waals surface area contributed by atoms with Gasteiger partial charge < -0.3 is 18.5 Å². The van der Waals surface area contributed by atoms with E-state index in [0.717, 1.165) is 18.0 Å². The Kier molecular flexibility index (Phi) is 5.75. The highest BCUT2D eigenvalue weighted by Gasteiger charge is 2.13. The van der Waals surface area contributed by atoms with Crippen LogP contribution in [0.25, 0.3) is 11.6 Å². The number of likely N-dealkylation sites (N-methyl/N-ethyl adjacent to an activating group) is 1. The molecule has 0 spiro atoms. The average Bonchev–Trinajstić information content (AvgIpc) is 3.27. The zero-order valence-electron chi connectivity index (χ0n) is 15.1. The van der Waals surface area contributed by atoms with Crippen molar-refractivity contribution in [2.45, 2.75) is 6.67 Å². The molecule has 1 aromatic carbocycles. The first-order valence-corrected chi connectivity index (χ1v) is 8.62. The number of nitrogens with zero attached hydrogens (tertiary/aromatic N) is 4. The van der Waals surface area contributed by atoms with E-state index < -0.39 is 0 Å². The molecule has 0 N–H and O–H groups in total. The quantitative estimate of drug-likeness (QED) is 0.565. The average molecular weight is 374 g/mol. The van der Waals surface area contributed by atoms with Crippen LogP contribution in [0.5, 0.6) is 11.5 Å². The largest absolute Gasteiger partial charge is 0.497 e. The Morgan fingerprint density at radius 2 is 1.92 bits per heavy atom. The standard InChI is InChI=1S/C18H22N4O3S/c1-20(10-12-24-15-8-6-14(23-3)7-9-15)13-22-18(26)21(2)17(19-22)16-5-4-11-25-16/h4-9,11H,10,12-13H2,1-3H3. The molecular formula is C18H22N4O3S. The van der Waals surface area contributed by atoms with Crippen molar-refractivity contribution in [2.75, 3.05) is 27.3 Å². The van der Waals surface area contributed by atoms with E-state index in [0.29, 0.717) is 29.6 Å². The molecule has 0 radical (unpaired) electrons. The summed E-state index contributed by atoms with van der Waals surface area (Å²) in [5.41, 5.74) is 0. The molecule has 2 aromatic heterocycles. The van der Waals surface area contributed by atoms with Gasteiger partial charge in [0.25, 0.3) is 0 Å². The monoisotopic (exact) mass is 374 g/mol. The first-order valence-electron chi connectivity index (χ1n) is 8.21. The number of ether oxygens (including phenoxy) is 2. The van der Waals surface area contributed by atoms with Gasteiger partial charge >= 0.3 is 0 Å². The van der Waals surface area contributed by atoms with Crippen molar-refractivity contribution in [1.29, 1.82) is 0 Å². The smallest absolute Gasteiger partial charge is 0.199 e. The maximum Gasteiger partial charge on any atom is 0.199 e. The van der Waals surface area contributed by atoms with Gasteiger partial charge in [-0.25, -0.2) is 4.68 Å². The molecule has 3 aromatic rings. The highest BCUT2D eigenvalue weighted by Crippen LogP contribution is 2.18. The molecule has 0 atom stereocenters. The summed E-state index contributed by atoms with van der Waals surface area (Å²) in [6, 6.07) is 11.2. The molecule has 3 rings (SSSR count). The lowest BCUT2D eigenvalue weighted by atomic mass is 10.3. The lowest BCUT2D eigenvalue weighted by Crippen LogP contribution is -2.27. The number of aromatic nitrogens is 3. The maximum atomic E-state index is 5.76. The minimum atomic E-state index is 0.564. The SMILES string of the molecule is COc1ccc(OCCN(C)Cn2nc(-c3ccco3)n(C)c2=S)cc1. The fourth-order valence-corrected chi connectivity index (χ4v) is 2.68. The van der Waals surface area contributed by atoms with Gasteiger partial charge in [-0.15, -0.1) is 5.10 Å². The molecule has 7 nitrogen and oxygen atoms in total. The first kappa shape index (κ1) is 18.2. The van der Waals surface area contributed by atoms with Crippen LogP contribution in [0.1, 0.15) is 0 Å². The Morgan fingerprint density at radius 1 is 1.19 bits per heavy atom. The van der Waals surface area contributed by atoms with E-state index in [1.807, 2.05) is 55.1 Å². The number of hydrogen-bond donors (Lipinski definition) is 0. The summed E-state index contributed by atoms with van der Waals surface area (Å²) < 4.78 is 20.6. The van der Waals surface area contributed by atoms with Crippen LogP contribution in [-0.4, -0.2) is 46.6 Å². The van der Waals surface area contributed by atoms with Gasteiger partial charge in [-0.1, -0.05) is 0 Å². The van der Waals surface area contributed by atoms with Crippen LogP contribution >= 0.6 is 12.2 Å². The molecule has 0 saturated heterocycles. The number of rotatable bonds is 8. The zero-order chi connectivity index (χ0) is 18.5. The van der Waals surface area contributed by atoms with E-state index in [-0.39, 0.29) is 0 Å². The van der Waals surface area contributed by atoms with E-state index in [9.17, 15) is 0 Å². The third kappa shape index (κ3) is 4.14. The summed E-state index contributed by atoms with van der Waals surface area (Å²) in [7, 11) is 5.53. The predicted octanol–water partition coefficient (Wildman–Crippen LogP) is 3.19. The van der Waals surface area contributed by atoms with Crippen LogP contribution in [0.4, 0.5) is 0 Å². The van der Waals surface area contributed by atoms with Gasteiger partial charge in [0.1, 0.15) is 18.1 Å². The summed E-state index contributed by atoms with van der Waals surface area (Å²) in [4.78, 5) is 2.10. The van der Waals surface area contributed by atoms with Crippen LogP contribution in [0.2, 0.25) is 0 Å². The lowest BCUT2D eigenvalue weighted by Gasteiger charge is -2.16. The van der Waals surface area contributed by atoms with Gasteiger partial charge in [-0.05, 0) is 55.7 Å². The fourth-order valence-electron chi connectivity index (χ4n) is 2.49. The Hall–Kier alpha value is -2.58. The van der Waals surface area contributed by atoms with Crippen LogP contribution in [0.15, 0.2) is 47.1 Å². The number of furan rings is 1. The first-order chi connectivity index (χ1) is 12.6. The van der Waals surface area contributed by atoms with Crippen molar-refractivity contribution in [3.8, 4) is 23.1 Å². The second-order valence-corrected chi connectivity index (χ2v) is 6.25. The third-order valence-corrected chi connectivity index (χ3v) is 4.44. The molecule has 26 heavy (non-hydrogen) atoms. The lowest BCUT2D eigenvalue weighted by molar-refractivity contribution is 0.197. The zero-order valence-corrected chi connectivity index (χ0v) is 15.9. The number of benzene rings is 1. The summed E-state index contributed by atoms with van der Waals surface area (Å²) in [5, 5.41) is 4.56. The molecule has 138 valence electrons. The normalized spacial score (nSPS) is 11.1. The second kappa shape index (κ2) is 8.20. The van der Waals surface area contributed by atoms with E-state index in [1.165, 1.54) is 0 Å². The molecule has 8 heteroatoms. The van der Waals surface area contributed by atoms with Gasteiger partial charge in [0.05, 0.1) is 20.0 Å². The van der Waals surface area contributed by atoms with Crippen molar-refractivity contribution in [2.24, 2.45) is 7.05 Å². The van der Waals surface area contributed by atoms with Gasteiger partial charge in [-0.3, -0.25) is 4.90 Å². The Balaban J connectivity index is 1.55. The number of hydrogen-bond acceptors (Lipinski definition) is 6. The predicted molar refractivity (Wildman–Crippen MR) is 101 cm³/mol. The van der Waals surface area contributed by atoms with Crippen LogP contribution in [0, 0.1) is 4.77 Å². The Morgan fingerprint density at radius 3 is 2.58 bits per heavy atom. The van der Waals surface area contributed by atoms with Crippen molar-refractivity contribution >= 4 is 12.2 Å². The van der Waals surface area contributed by atoms with Crippen LogP contribution < -0.4 is 9.47 Å². The van der Waals surface area contributed by atoms with Crippen molar-refractivity contribution in [3.05, 3.63) is 47.4 Å². The van der Waals surface area contributed by atoms with Gasteiger partial charge in [0.2, 0.25) is 0 Å². The van der Waals surface area contributed by atoms with E-state index in [1.54, 1.807) is 18.1 Å². The minimum Gasteiger partial charge on any atom is -0.497 e. The van der Waals surface area contributed by atoms with Crippen molar-refractivity contribution in [3.63, 3.8) is 0 Å². The molecule has 0 aliphatic rings. The molecule has 2 heterocycles. The third-order valence-electron chi connectivity index (χ3n) is 3.96. The molecule has 0 bridgehead atoms. The van der Waals surface area contributed by atoms with Crippen molar-refractivity contribution in [1.82, 2.24) is 19.2 Å². The summed E-state index contributed by atoms with van der Waals surface area (Å²) >= 11 is 5.47. The molecule has 0 amide bonds.